The summed E-state index contributed by atoms with van der Waals surface area (Å²) in [5.41, 5.74) is 0. The van der Waals surface area contributed by atoms with Crippen LogP contribution in [0, 0.1) is 0 Å². The summed E-state index contributed by atoms with van der Waals surface area (Å²) in [4.78, 5) is 12.1. The molecule has 2 amide bonds. The van der Waals surface area contributed by atoms with Crippen LogP contribution in [0.4, 0.5) is 4.79 Å². The third-order valence-electron chi connectivity index (χ3n) is 1.09. The molecule has 0 atom stereocenters. The number of carbonyl (C=O) groups excluding carboxylic acids is 1. The van der Waals surface area contributed by atoms with E-state index in [0.717, 1.165) is 0 Å². The molecule has 1 rings (SSSR count). The van der Waals surface area contributed by atoms with Gasteiger partial charge in [-0.2, -0.15) is 0 Å². The zero-order valence-corrected chi connectivity index (χ0v) is 9.34. The van der Waals surface area contributed by atoms with E-state index in [-0.39, 0.29) is 37.0 Å². The second-order valence-corrected chi connectivity index (χ2v) is 2.78. The molecule has 1 aliphatic heterocycles. The van der Waals surface area contributed by atoms with Gasteiger partial charge >= 0.3 is 35.6 Å². The van der Waals surface area contributed by atoms with Crippen LogP contribution in [0.1, 0.15) is 1.43 Å². The van der Waals surface area contributed by atoms with Gasteiger partial charge in [0.2, 0.25) is 0 Å². The Morgan fingerprint density at radius 2 is 2.50 bits per heavy atom. The van der Waals surface area contributed by atoms with E-state index in [1.807, 2.05) is 0 Å². The Labute approximate surface area is 93.7 Å². The number of urea groups is 1. The number of nitrogens with one attached hydrogen (secondary N) is 1. The van der Waals surface area contributed by atoms with Crippen molar-refractivity contribution in [2.45, 2.75) is 0 Å². The second kappa shape index (κ2) is 4.56. The molecule has 52 valence electrons. The minimum absolute atomic E-state index is 0. The van der Waals surface area contributed by atoms with Crippen LogP contribution in [-0.4, -0.2) is 28.3 Å². The molecule has 0 radical (unpaired) electrons. The van der Waals surface area contributed by atoms with E-state index in [1.54, 1.807) is 0 Å². The molecule has 0 aliphatic carbocycles. The van der Waals surface area contributed by atoms with Crippen molar-refractivity contribution in [2.24, 2.45) is 0 Å². The maximum Gasteiger partial charge on any atom is 1.00 e. The van der Waals surface area contributed by atoms with Gasteiger partial charge in [0.25, 0.3) is 0 Å². The maximum absolute atomic E-state index is 10.7. The smallest absolute Gasteiger partial charge is 1.00 e. The summed E-state index contributed by atoms with van der Waals surface area (Å²) in [6.07, 6.45) is 0. The molecule has 6 heteroatoms. The summed E-state index contributed by atoms with van der Waals surface area (Å²) in [6, 6.07) is -0.144. The van der Waals surface area contributed by atoms with Crippen LogP contribution >= 0.6 is 24.8 Å². The first-order valence-electron chi connectivity index (χ1n) is 2.50. The molecule has 0 aromatic rings. The first kappa shape index (κ1) is 10.7. The standard InChI is InChI=1S/C4H6N2OS2.Na.H/c7-3-5-1-2-6(3)4(8)9;;/h1-2H2,(H,5,7)(H,8,9);;/q;+1;-1. The van der Waals surface area contributed by atoms with Gasteiger partial charge in [-0.1, -0.05) is 12.2 Å². The average Bonchev–Trinajstić information content (AvgIpc) is 2.13. The number of hydrogen-bond acceptors (Lipinski definition) is 2. The molecule has 0 saturated carbocycles. The van der Waals surface area contributed by atoms with Gasteiger partial charge in [-0.05, 0) is 0 Å². The Morgan fingerprint density at radius 1 is 1.90 bits per heavy atom. The topological polar surface area (TPSA) is 32.3 Å². The van der Waals surface area contributed by atoms with Gasteiger partial charge in [0.15, 0.2) is 0 Å². The molecule has 1 N–H and O–H groups in total. The SMILES string of the molecule is O=C1NCCN1C(=S)S.[H-].[Na+]. The number of rotatable bonds is 0. The molecule has 0 spiro atoms. The van der Waals surface area contributed by atoms with Gasteiger partial charge in [0, 0.05) is 13.1 Å². The predicted molar refractivity (Wildman–Crippen MR) is 42.8 cm³/mol. The van der Waals surface area contributed by atoms with Gasteiger partial charge in [0.05, 0.1) is 0 Å². The van der Waals surface area contributed by atoms with Crippen LogP contribution in [0.3, 0.4) is 0 Å². The summed E-state index contributed by atoms with van der Waals surface area (Å²) in [5.74, 6) is 0. The zero-order chi connectivity index (χ0) is 6.85. The van der Waals surface area contributed by atoms with Gasteiger partial charge in [-0.15, -0.1) is 12.6 Å². The van der Waals surface area contributed by atoms with E-state index in [0.29, 0.717) is 17.4 Å². The van der Waals surface area contributed by atoms with Crippen molar-refractivity contribution in [3.05, 3.63) is 0 Å². The largest absolute Gasteiger partial charge is 1.00 e. The molecular weight excluding hydrogens is 179 g/mol. The van der Waals surface area contributed by atoms with E-state index in [2.05, 4.69) is 30.2 Å². The molecule has 1 fully saturated rings. The number of amides is 2. The third-order valence-corrected chi connectivity index (χ3v) is 1.55. The summed E-state index contributed by atoms with van der Waals surface area (Å²) in [5, 5.41) is 2.60. The summed E-state index contributed by atoms with van der Waals surface area (Å²) in [7, 11) is 0. The van der Waals surface area contributed by atoms with Crippen molar-refractivity contribution in [3.8, 4) is 0 Å². The number of thiocarbonyl (C=S) groups is 1. The molecule has 3 nitrogen and oxygen atoms in total. The maximum atomic E-state index is 10.7. The van der Waals surface area contributed by atoms with Crippen molar-refractivity contribution in [2.75, 3.05) is 13.1 Å². The normalized spacial score (nSPS) is 16.1. The summed E-state index contributed by atoms with van der Waals surface area (Å²) >= 11 is 8.51. The summed E-state index contributed by atoms with van der Waals surface area (Å²) in [6.45, 7) is 1.31. The first-order valence-corrected chi connectivity index (χ1v) is 3.35. The van der Waals surface area contributed by atoms with E-state index < -0.39 is 0 Å². The fourth-order valence-corrected chi connectivity index (χ4v) is 1.02. The van der Waals surface area contributed by atoms with Crippen LogP contribution in [0.15, 0.2) is 0 Å². The van der Waals surface area contributed by atoms with Crippen molar-refractivity contribution in [1.29, 1.82) is 0 Å². The number of thiol groups is 1. The summed E-state index contributed by atoms with van der Waals surface area (Å²) < 4.78 is 0.338. The van der Waals surface area contributed by atoms with Crippen LogP contribution < -0.4 is 34.9 Å². The van der Waals surface area contributed by atoms with E-state index in [9.17, 15) is 4.79 Å². The van der Waals surface area contributed by atoms with Crippen molar-refractivity contribution in [3.63, 3.8) is 0 Å². The number of hydrogen-bond donors (Lipinski definition) is 2. The van der Waals surface area contributed by atoms with Gasteiger partial charge < -0.3 is 6.74 Å². The van der Waals surface area contributed by atoms with Gasteiger partial charge in [-0.25, -0.2) is 4.79 Å². The Morgan fingerprint density at radius 3 is 2.70 bits per heavy atom. The van der Waals surface area contributed by atoms with Gasteiger partial charge in [0.1, 0.15) is 4.32 Å². The van der Waals surface area contributed by atoms with Crippen molar-refractivity contribution < 1.29 is 35.8 Å². The van der Waals surface area contributed by atoms with E-state index >= 15 is 0 Å². The second-order valence-electron chi connectivity index (χ2n) is 1.67. The molecule has 0 bridgehead atoms. The van der Waals surface area contributed by atoms with Crippen LogP contribution in [0.5, 0.6) is 0 Å². The molecule has 1 saturated heterocycles. The fraction of sp³-hybridized carbons (Fsp3) is 0.500. The van der Waals surface area contributed by atoms with Crippen molar-refractivity contribution >= 4 is 35.2 Å². The van der Waals surface area contributed by atoms with Crippen LogP contribution in [0.25, 0.3) is 0 Å². The molecule has 1 heterocycles. The van der Waals surface area contributed by atoms with Crippen molar-refractivity contribution in [1.82, 2.24) is 10.2 Å². The zero-order valence-electron chi connectivity index (χ0n) is 6.63. The minimum atomic E-state index is -0.144. The van der Waals surface area contributed by atoms with E-state index in [4.69, 9.17) is 0 Å². The average molecular weight is 186 g/mol. The Balaban J connectivity index is 0. The molecule has 0 aromatic heterocycles. The molecule has 10 heavy (non-hydrogen) atoms. The van der Waals surface area contributed by atoms with E-state index in [1.165, 1.54) is 4.90 Å². The monoisotopic (exact) mass is 186 g/mol. The first-order chi connectivity index (χ1) is 4.22. The number of nitrogens with zero attached hydrogens (tertiary/aromatic N) is 1. The molecular formula is C4H7N2NaOS2. The number of carbonyl (C=O) groups is 1. The third kappa shape index (κ3) is 2.39. The fourth-order valence-electron chi connectivity index (χ4n) is 0.654. The predicted octanol–water partition coefficient (Wildman–Crippen LogP) is -2.66. The van der Waals surface area contributed by atoms with Crippen LogP contribution in [-0.2, 0) is 0 Å². The molecule has 0 aromatic carbocycles. The Bertz CT molecular complexity index is 168. The Kier molecular flexibility index (Phi) is 4.88. The molecule has 1 aliphatic rings. The quantitative estimate of drug-likeness (QED) is 0.246. The van der Waals surface area contributed by atoms with Crippen LogP contribution in [0.2, 0.25) is 0 Å². The Hall–Kier alpha value is 0.710. The van der Waals surface area contributed by atoms with Gasteiger partial charge in [-0.3, -0.25) is 4.90 Å². The minimum Gasteiger partial charge on any atom is -1.00 e. The molecule has 0 unspecified atom stereocenters.